The number of anilines is 2. The first-order valence-electron chi connectivity index (χ1n) is 9.56. The number of rotatable bonds is 7. The lowest BCUT2D eigenvalue weighted by Gasteiger charge is -2.13. The minimum absolute atomic E-state index is 0.157. The van der Waals surface area contributed by atoms with Crippen LogP contribution >= 0.6 is 0 Å². The molecule has 2 N–H and O–H groups in total. The molecule has 7 heteroatoms. The Hall–Kier alpha value is -4.13. The Bertz CT molecular complexity index is 1110. The predicted molar refractivity (Wildman–Crippen MR) is 117 cm³/mol. The second kappa shape index (κ2) is 10.1. The number of hydrogen-bond donors (Lipinski definition) is 2. The van der Waals surface area contributed by atoms with Gasteiger partial charge in [-0.05, 0) is 48.0 Å². The molecule has 3 aromatic rings. The average Bonchev–Trinajstić information content (AvgIpc) is 2.75. The van der Waals surface area contributed by atoms with Crippen LogP contribution in [0.15, 0.2) is 72.8 Å². The molecule has 0 aromatic heterocycles. The fraction of sp³-hybridized carbons (Fsp3) is 0.125. The zero-order valence-corrected chi connectivity index (χ0v) is 17.2. The molecular formula is C24H22N2O5. The number of para-hydroxylation sites is 2. The summed E-state index contributed by atoms with van der Waals surface area (Å²) in [7, 11) is 1.57. The Kier molecular flexibility index (Phi) is 7.01. The highest BCUT2D eigenvalue weighted by atomic mass is 16.5. The van der Waals surface area contributed by atoms with Gasteiger partial charge < -0.3 is 20.1 Å². The van der Waals surface area contributed by atoms with Crippen molar-refractivity contribution in [2.45, 2.75) is 13.3 Å². The topological polar surface area (TPSA) is 93.7 Å². The molecule has 31 heavy (non-hydrogen) atoms. The van der Waals surface area contributed by atoms with Crippen LogP contribution in [0.3, 0.4) is 0 Å². The molecular weight excluding hydrogens is 396 g/mol. The molecule has 0 aliphatic carbocycles. The smallest absolute Gasteiger partial charge is 0.308 e. The summed E-state index contributed by atoms with van der Waals surface area (Å²) in [6.07, 6.45) is 0.157. The summed E-state index contributed by atoms with van der Waals surface area (Å²) < 4.78 is 10.2. The van der Waals surface area contributed by atoms with Gasteiger partial charge in [0.1, 0.15) is 11.5 Å². The molecule has 0 saturated carbocycles. The van der Waals surface area contributed by atoms with E-state index in [4.69, 9.17) is 9.47 Å². The van der Waals surface area contributed by atoms with E-state index in [-0.39, 0.29) is 18.1 Å². The van der Waals surface area contributed by atoms with Gasteiger partial charge in [-0.25, -0.2) is 0 Å². The lowest BCUT2D eigenvalue weighted by atomic mass is 10.1. The highest BCUT2D eigenvalue weighted by molar-refractivity contribution is 6.07. The average molecular weight is 418 g/mol. The van der Waals surface area contributed by atoms with Gasteiger partial charge in [-0.1, -0.05) is 30.3 Å². The monoisotopic (exact) mass is 418 g/mol. The third-order valence-corrected chi connectivity index (χ3v) is 4.31. The van der Waals surface area contributed by atoms with Crippen molar-refractivity contribution in [2.75, 3.05) is 17.7 Å². The second-order valence-electron chi connectivity index (χ2n) is 6.70. The number of carbonyl (C=O) groups is 3. The molecule has 0 aliphatic heterocycles. The zero-order valence-electron chi connectivity index (χ0n) is 17.2. The van der Waals surface area contributed by atoms with Gasteiger partial charge in [0.25, 0.3) is 5.91 Å². The number of hydrogen-bond acceptors (Lipinski definition) is 5. The number of methoxy groups -OCH3 is 1. The van der Waals surface area contributed by atoms with E-state index >= 15 is 0 Å². The Morgan fingerprint density at radius 1 is 0.806 bits per heavy atom. The Morgan fingerprint density at radius 2 is 1.48 bits per heavy atom. The Labute approximate surface area is 180 Å². The van der Waals surface area contributed by atoms with E-state index in [1.807, 2.05) is 18.2 Å². The van der Waals surface area contributed by atoms with Crippen LogP contribution < -0.4 is 20.1 Å². The highest BCUT2D eigenvalue weighted by Crippen LogP contribution is 2.23. The maximum absolute atomic E-state index is 12.7. The van der Waals surface area contributed by atoms with Crippen molar-refractivity contribution in [3.63, 3.8) is 0 Å². The van der Waals surface area contributed by atoms with Crippen molar-refractivity contribution in [2.24, 2.45) is 0 Å². The van der Waals surface area contributed by atoms with Crippen LogP contribution in [0, 0.1) is 0 Å². The SMILES string of the molecule is COc1cccc(CC(=O)Nc2ccccc2NC(=O)c2cccc(OC(C)=O)c2)c1. The Balaban J connectivity index is 1.70. The molecule has 0 heterocycles. The molecule has 2 amide bonds. The molecule has 3 aromatic carbocycles. The van der Waals surface area contributed by atoms with Gasteiger partial charge in [0.15, 0.2) is 0 Å². The number of esters is 1. The summed E-state index contributed by atoms with van der Waals surface area (Å²) >= 11 is 0. The van der Waals surface area contributed by atoms with E-state index in [0.717, 1.165) is 5.56 Å². The molecule has 0 atom stereocenters. The minimum Gasteiger partial charge on any atom is -0.497 e. The van der Waals surface area contributed by atoms with E-state index in [1.165, 1.54) is 13.0 Å². The van der Waals surface area contributed by atoms with Gasteiger partial charge in [0.05, 0.1) is 24.9 Å². The fourth-order valence-corrected chi connectivity index (χ4v) is 2.92. The van der Waals surface area contributed by atoms with Crippen LogP contribution in [0.4, 0.5) is 11.4 Å². The van der Waals surface area contributed by atoms with E-state index in [0.29, 0.717) is 22.7 Å². The van der Waals surface area contributed by atoms with E-state index in [1.54, 1.807) is 55.6 Å². The maximum atomic E-state index is 12.7. The van der Waals surface area contributed by atoms with Crippen molar-refractivity contribution in [3.8, 4) is 11.5 Å². The summed E-state index contributed by atoms with van der Waals surface area (Å²) in [5.74, 6) is -0.147. The molecule has 0 bridgehead atoms. The largest absolute Gasteiger partial charge is 0.497 e. The summed E-state index contributed by atoms with van der Waals surface area (Å²) in [6.45, 7) is 1.29. The van der Waals surface area contributed by atoms with Gasteiger partial charge in [-0.3, -0.25) is 14.4 Å². The van der Waals surface area contributed by atoms with Gasteiger partial charge in [-0.15, -0.1) is 0 Å². The molecule has 158 valence electrons. The molecule has 0 radical (unpaired) electrons. The van der Waals surface area contributed by atoms with Crippen LogP contribution in [-0.2, 0) is 16.0 Å². The van der Waals surface area contributed by atoms with Crippen molar-refractivity contribution >= 4 is 29.2 Å². The summed E-state index contributed by atoms with van der Waals surface area (Å²) in [5.41, 5.74) is 2.04. The van der Waals surface area contributed by atoms with Crippen molar-refractivity contribution in [1.29, 1.82) is 0 Å². The number of carbonyl (C=O) groups excluding carboxylic acids is 3. The van der Waals surface area contributed by atoms with Crippen LogP contribution in [0.1, 0.15) is 22.8 Å². The van der Waals surface area contributed by atoms with E-state index in [2.05, 4.69) is 10.6 Å². The third-order valence-electron chi connectivity index (χ3n) is 4.31. The lowest BCUT2D eigenvalue weighted by molar-refractivity contribution is -0.131. The zero-order chi connectivity index (χ0) is 22.2. The molecule has 0 aliphatic rings. The number of benzene rings is 3. The summed E-state index contributed by atoms with van der Waals surface area (Å²) in [4.78, 5) is 36.3. The first-order chi connectivity index (χ1) is 14.9. The van der Waals surface area contributed by atoms with Gasteiger partial charge in [0, 0.05) is 12.5 Å². The van der Waals surface area contributed by atoms with Gasteiger partial charge in [0.2, 0.25) is 5.91 Å². The lowest BCUT2D eigenvalue weighted by Crippen LogP contribution is -2.18. The molecule has 0 spiro atoms. The van der Waals surface area contributed by atoms with Gasteiger partial charge >= 0.3 is 5.97 Å². The molecule has 0 saturated heterocycles. The predicted octanol–water partition coefficient (Wildman–Crippen LogP) is 4.05. The maximum Gasteiger partial charge on any atom is 0.308 e. The first-order valence-corrected chi connectivity index (χ1v) is 9.56. The molecule has 3 rings (SSSR count). The quantitative estimate of drug-likeness (QED) is 0.446. The summed E-state index contributed by atoms with van der Waals surface area (Å²) in [5, 5.41) is 5.61. The van der Waals surface area contributed by atoms with Crippen LogP contribution in [0.2, 0.25) is 0 Å². The number of nitrogens with one attached hydrogen (secondary N) is 2. The van der Waals surface area contributed by atoms with Crippen LogP contribution in [0.5, 0.6) is 11.5 Å². The van der Waals surface area contributed by atoms with Crippen molar-refractivity contribution in [3.05, 3.63) is 83.9 Å². The highest BCUT2D eigenvalue weighted by Gasteiger charge is 2.13. The summed E-state index contributed by atoms with van der Waals surface area (Å²) in [6, 6.07) is 20.5. The first kappa shape index (κ1) is 21.6. The van der Waals surface area contributed by atoms with E-state index < -0.39 is 11.9 Å². The fourth-order valence-electron chi connectivity index (χ4n) is 2.92. The molecule has 0 unspecified atom stereocenters. The van der Waals surface area contributed by atoms with E-state index in [9.17, 15) is 14.4 Å². The number of amides is 2. The second-order valence-corrected chi connectivity index (χ2v) is 6.70. The molecule has 0 fully saturated rings. The normalized spacial score (nSPS) is 10.1. The van der Waals surface area contributed by atoms with Crippen molar-refractivity contribution in [1.82, 2.24) is 0 Å². The standard InChI is InChI=1S/C24H22N2O5/c1-16(27)31-20-10-6-8-18(15-20)24(29)26-22-12-4-3-11-21(22)25-23(28)14-17-7-5-9-19(13-17)30-2/h3-13,15H,14H2,1-2H3,(H,25,28)(H,26,29). The van der Waals surface area contributed by atoms with Crippen molar-refractivity contribution < 1.29 is 23.9 Å². The third kappa shape index (κ3) is 6.17. The molecule has 7 nitrogen and oxygen atoms in total. The van der Waals surface area contributed by atoms with Crippen LogP contribution in [-0.4, -0.2) is 24.9 Å². The minimum atomic E-state index is -0.471. The Morgan fingerprint density at radius 3 is 2.19 bits per heavy atom. The number of ether oxygens (including phenoxy) is 2. The van der Waals surface area contributed by atoms with Gasteiger partial charge in [-0.2, -0.15) is 0 Å². The van der Waals surface area contributed by atoms with Crippen LogP contribution in [0.25, 0.3) is 0 Å².